The van der Waals surface area contributed by atoms with Crippen LogP contribution in [0.5, 0.6) is 5.75 Å². The van der Waals surface area contributed by atoms with Crippen molar-refractivity contribution in [2.45, 2.75) is 0 Å². The third-order valence-corrected chi connectivity index (χ3v) is 4.82. The Morgan fingerprint density at radius 3 is 2.50 bits per heavy atom. The maximum Gasteiger partial charge on any atom is 0.172 e. The van der Waals surface area contributed by atoms with Crippen molar-refractivity contribution in [2.24, 2.45) is 4.99 Å². The van der Waals surface area contributed by atoms with Crippen LogP contribution in [-0.2, 0) is 0 Å². The van der Waals surface area contributed by atoms with Crippen LogP contribution in [0.25, 0.3) is 9.40 Å². The summed E-state index contributed by atoms with van der Waals surface area (Å²) >= 11 is 3.40. The van der Waals surface area contributed by atoms with Crippen LogP contribution < -0.4 is 8.72 Å². The van der Waals surface area contributed by atoms with E-state index in [0.29, 0.717) is 0 Å². The summed E-state index contributed by atoms with van der Waals surface area (Å²) in [7, 11) is 1.69. The monoisotopic (exact) mass is 273 g/mol. The first-order valence-electron chi connectivity index (χ1n) is 5.52. The van der Waals surface area contributed by atoms with Crippen molar-refractivity contribution in [3.8, 4) is 5.75 Å². The summed E-state index contributed by atoms with van der Waals surface area (Å²) in [6, 6.07) is 16.1. The maximum atomic E-state index is 5.23. The van der Waals surface area contributed by atoms with Crippen LogP contribution >= 0.6 is 22.7 Å². The molecule has 3 rings (SSSR count). The quantitative estimate of drug-likeness (QED) is 0.685. The number of para-hydroxylation sites is 1. The predicted octanol–water partition coefficient (Wildman–Crippen LogP) is 4.20. The Morgan fingerprint density at radius 1 is 0.944 bits per heavy atom. The van der Waals surface area contributed by atoms with Crippen molar-refractivity contribution < 1.29 is 4.74 Å². The zero-order valence-corrected chi connectivity index (χ0v) is 11.4. The molecule has 0 spiro atoms. The Balaban J connectivity index is 2.11. The molecule has 2 nitrogen and oxygen atoms in total. The molecule has 0 aliphatic carbocycles. The van der Waals surface area contributed by atoms with Gasteiger partial charge in [-0.2, -0.15) is 0 Å². The van der Waals surface area contributed by atoms with Crippen molar-refractivity contribution in [2.75, 3.05) is 7.11 Å². The number of benzene rings is 2. The highest BCUT2D eigenvalue weighted by atomic mass is 32.2. The van der Waals surface area contributed by atoms with Gasteiger partial charge in [0.25, 0.3) is 0 Å². The Morgan fingerprint density at radius 2 is 1.72 bits per heavy atom. The molecular formula is C14H11NOS2. The molecule has 0 atom stereocenters. The lowest BCUT2D eigenvalue weighted by molar-refractivity contribution is 0.415. The summed E-state index contributed by atoms with van der Waals surface area (Å²) in [5.41, 5.74) is 0.993. The van der Waals surface area contributed by atoms with Gasteiger partial charge in [-0.05, 0) is 30.3 Å². The smallest absolute Gasteiger partial charge is 0.172 e. The lowest BCUT2D eigenvalue weighted by atomic mass is 10.3. The fourth-order valence-electron chi connectivity index (χ4n) is 1.64. The first-order chi connectivity index (χ1) is 8.85. The van der Waals surface area contributed by atoms with Gasteiger partial charge in [0.1, 0.15) is 5.75 Å². The van der Waals surface area contributed by atoms with E-state index in [1.54, 1.807) is 29.8 Å². The molecule has 0 aliphatic heterocycles. The van der Waals surface area contributed by atoms with E-state index in [-0.39, 0.29) is 0 Å². The highest BCUT2D eigenvalue weighted by Crippen LogP contribution is 2.26. The number of hydrogen-bond acceptors (Lipinski definition) is 4. The number of nitrogens with zero attached hydrogens (tertiary/aromatic N) is 1. The van der Waals surface area contributed by atoms with Gasteiger partial charge < -0.3 is 4.74 Å². The molecule has 2 aromatic carbocycles. The van der Waals surface area contributed by atoms with Crippen molar-refractivity contribution >= 4 is 37.8 Å². The molecule has 0 amide bonds. The van der Waals surface area contributed by atoms with Crippen LogP contribution in [0, 0.1) is 0 Å². The van der Waals surface area contributed by atoms with Crippen LogP contribution in [0.1, 0.15) is 0 Å². The van der Waals surface area contributed by atoms with Crippen molar-refractivity contribution in [3.05, 3.63) is 52.5 Å². The van der Waals surface area contributed by atoms with E-state index < -0.39 is 0 Å². The van der Waals surface area contributed by atoms with E-state index in [9.17, 15) is 0 Å². The summed E-state index contributed by atoms with van der Waals surface area (Å²) < 4.78 is 8.75. The van der Waals surface area contributed by atoms with E-state index in [2.05, 4.69) is 17.1 Å². The maximum absolute atomic E-state index is 5.23. The molecule has 0 radical (unpaired) electrons. The topological polar surface area (TPSA) is 21.6 Å². The lowest BCUT2D eigenvalue weighted by Crippen LogP contribution is -1.82. The van der Waals surface area contributed by atoms with Gasteiger partial charge in [0.2, 0.25) is 0 Å². The number of hydrogen-bond donors (Lipinski definition) is 0. The normalized spacial score (nSPS) is 11.9. The molecule has 3 aromatic rings. The number of ether oxygens (including phenoxy) is 1. The highest BCUT2D eigenvalue weighted by molar-refractivity contribution is 7.35. The van der Waals surface area contributed by atoms with Gasteiger partial charge in [0.15, 0.2) is 3.98 Å². The average molecular weight is 273 g/mol. The van der Waals surface area contributed by atoms with Crippen molar-refractivity contribution in [1.82, 2.24) is 0 Å². The molecule has 0 bridgehead atoms. The molecule has 0 fully saturated rings. The summed E-state index contributed by atoms with van der Waals surface area (Å²) in [5, 5.41) is 0. The largest absolute Gasteiger partial charge is 0.497 e. The zero-order valence-electron chi connectivity index (χ0n) is 9.79. The molecule has 18 heavy (non-hydrogen) atoms. The van der Waals surface area contributed by atoms with Gasteiger partial charge in [0, 0.05) is 4.70 Å². The van der Waals surface area contributed by atoms with Gasteiger partial charge in [-0.3, -0.25) is 0 Å². The highest BCUT2D eigenvalue weighted by Gasteiger charge is 2.00. The van der Waals surface area contributed by atoms with E-state index >= 15 is 0 Å². The van der Waals surface area contributed by atoms with Crippen LogP contribution in [0.3, 0.4) is 0 Å². The van der Waals surface area contributed by atoms with Gasteiger partial charge >= 0.3 is 0 Å². The van der Waals surface area contributed by atoms with Gasteiger partial charge in [-0.25, -0.2) is 4.99 Å². The molecular weight excluding hydrogens is 262 g/mol. The predicted molar refractivity (Wildman–Crippen MR) is 77.9 cm³/mol. The fraction of sp³-hybridized carbons (Fsp3) is 0.0714. The molecule has 0 N–H and O–H groups in total. The average Bonchev–Trinajstić information content (AvgIpc) is 2.80. The third kappa shape index (κ3) is 2.30. The van der Waals surface area contributed by atoms with Crippen molar-refractivity contribution in [3.63, 3.8) is 0 Å². The molecule has 0 aliphatic rings. The second-order valence-electron chi connectivity index (χ2n) is 3.73. The first-order valence-corrected chi connectivity index (χ1v) is 7.16. The summed E-state index contributed by atoms with van der Waals surface area (Å²) in [6.07, 6.45) is 0. The van der Waals surface area contributed by atoms with Crippen LogP contribution in [0.15, 0.2) is 53.5 Å². The third-order valence-electron chi connectivity index (χ3n) is 2.52. The molecule has 4 heteroatoms. The lowest BCUT2D eigenvalue weighted by Gasteiger charge is -1.96. The molecule has 0 unspecified atom stereocenters. The minimum absolute atomic E-state index is 0.891. The number of rotatable bonds is 2. The second-order valence-corrected chi connectivity index (χ2v) is 6.05. The van der Waals surface area contributed by atoms with E-state index in [1.165, 1.54) is 9.40 Å². The van der Waals surface area contributed by atoms with E-state index in [0.717, 1.165) is 15.4 Å². The minimum atomic E-state index is 0.891. The summed E-state index contributed by atoms with van der Waals surface area (Å²) in [5.74, 6) is 0.891. The Hall–Kier alpha value is -1.65. The first kappa shape index (κ1) is 11.4. The summed E-state index contributed by atoms with van der Waals surface area (Å²) in [6.45, 7) is 0. The number of fused-ring (bicyclic) bond motifs is 1. The molecule has 90 valence electrons. The molecule has 0 saturated heterocycles. The van der Waals surface area contributed by atoms with Crippen LogP contribution in [-0.4, -0.2) is 7.11 Å². The Kier molecular flexibility index (Phi) is 3.13. The SMILES string of the molecule is COc1ccc2sc(=Nc3ccccc3)sc2c1. The van der Waals surface area contributed by atoms with Gasteiger partial charge in [-0.1, -0.05) is 18.2 Å². The van der Waals surface area contributed by atoms with Crippen LogP contribution in [0.4, 0.5) is 5.69 Å². The molecule has 1 heterocycles. The van der Waals surface area contributed by atoms with Crippen LogP contribution in [0.2, 0.25) is 0 Å². The van der Waals surface area contributed by atoms with E-state index in [1.807, 2.05) is 36.4 Å². The Bertz CT molecular complexity index is 728. The van der Waals surface area contributed by atoms with Gasteiger partial charge in [0.05, 0.1) is 17.5 Å². The zero-order chi connectivity index (χ0) is 12.4. The molecule has 1 aromatic heterocycles. The fourth-order valence-corrected chi connectivity index (χ4v) is 3.92. The molecule has 0 saturated carbocycles. The van der Waals surface area contributed by atoms with Crippen molar-refractivity contribution in [1.29, 1.82) is 0 Å². The Labute approximate surface area is 113 Å². The standard InChI is InChI=1S/C14H11NOS2/c1-16-11-7-8-12-13(9-11)18-14(17-12)15-10-5-3-2-4-6-10/h2-9H,1H3. The van der Waals surface area contributed by atoms with E-state index in [4.69, 9.17) is 4.74 Å². The number of methoxy groups -OCH3 is 1. The second kappa shape index (κ2) is 4.92. The van der Waals surface area contributed by atoms with Gasteiger partial charge in [-0.15, -0.1) is 22.7 Å². The minimum Gasteiger partial charge on any atom is -0.497 e. The summed E-state index contributed by atoms with van der Waals surface area (Å²) in [4.78, 5) is 4.63.